The van der Waals surface area contributed by atoms with Crippen LogP contribution in [0.1, 0.15) is 16.1 Å². The van der Waals surface area contributed by atoms with Gasteiger partial charge in [-0.3, -0.25) is 0 Å². The fourth-order valence-corrected chi connectivity index (χ4v) is 2.04. The predicted molar refractivity (Wildman–Crippen MR) is 58.1 cm³/mol. The first-order valence-corrected chi connectivity index (χ1v) is 5.54. The molecular weight excluding hydrogens is 282 g/mol. The van der Waals surface area contributed by atoms with Gasteiger partial charge in [0.05, 0.1) is 40.3 Å². The maximum Gasteiger partial charge on any atom is 0.337 e. The summed E-state index contributed by atoms with van der Waals surface area (Å²) in [6, 6.07) is 1.56. The van der Waals surface area contributed by atoms with Crippen LogP contribution in [0.2, 0.25) is 0 Å². The number of carboxylic acids is 1. The third-order valence-corrected chi connectivity index (χ3v) is 3.03. The summed E-state index contributed by atoms with van der Waals surface area (Å²) in [6.07, 6.45) is 3.23. The maximum absolute atomic E-state index is 10.7. The van der Waals surface area contributed by atoms with Crippen LogP contribution in [-0.4, -0.2) is 24.4 Å². The molecular formula is C8H6BrN3O2S. The molecule has 2 rings (SSSR count). The smallest absolute Gasteiger partial charge is 0.337 e. The highest BCUT2D eigenvalue weighted by Gasteiger charge is 2.10. The Morgan fingerprint density at radius 2 is 2.47 bits per heavy atom. The molecule has 0 saturated carbocycles. The van der Waals surface area contributed by atoms with Crippen molar-refractivity contribution in [3.05, 3.63) is 34.3 Å². The highest BCUT2D eigenvalue weighted by atomic mass is 79.9. The Kier molecular flexibility index (Phi) is 2.83. The average Bonchev–Trinajstić information content (AvgIpc) is 2.77. The van der Waals surface area contributed by atoms with Gasteiger partial charge in [-0.1, -0.05) is 0 Å². The molecule has 0 fully saturated rings. The zero-order valence-corrected chi connectivity index (χ0v) is 9.82. The fraction of sp³-hybridized carbons (Fsp3) is 0.125. The van der Waals surface area contributed by atoms with E-state index in [9.17, 15) is 4.79 Å². The van der Waals surface area contributed by atoms with Crippen molar-refractivity contribution < 1.29 is 9.90 Å². The third kappa shape index (κ3) is 2.24. The lowest BCUT2D eigenvalue weighted by Gasteiger charge is -2.00. The van der Waals surface area contributed by atoms with Crippen molar-refractivity contribution in [2.45, 2.75) is 6.54 Å². The largest absolute Gasteiger partial charge is 0.478 e. The van der Waals surface area contributed by atoms with E-state index in [1.165, 1.54) is 0 Å². The second kappa shape index (κ2) is 4.11. The van der Waals surface area contributed by atoms with E-state index in [2.05, 4.69) is 24.7 Å². The van der Waals surface area contributed by atoms with Crippen LogP contribution in [-0.2, 0) is 6.54 Å². The Balaban J connectivity index is 2.25. The van der Waals surface area contributed by atoms with Gasteiger partial charge in [-0.25, -0.2) is 4.79 Å². The molecule has 78 valence electrons. The molecule has 0 bridgehead atoms. The van der Waals surface area contributed by atoms with Gasteiger partial charge in [-0.2, -0.15) is 8.75 Å². The molecule has 0 saturated heterocycles. The van der Waals surface area contributed by atoms with Crippen LogP contribution >= 0.6 is 27.7 Å². The minimum Gasteiger partial charge on any atom is -0.478 e. The van der Waals surface area contributed by atoms with Crippen LogP contribution in [0, 0.1) is 0 Å². The number of nitrogens with zero attached hydrogens (tertiary/aromatic N) is 3. The predicted octanol–water partition coefficient (Wildman–Crippen LogP) is 1.85. The first kappa shape index (κ1) is 10.3. The minimum absolute atomic E-state index is 0.255. The van der Waals surface area contributed by atoms with Crippen LogP contribution in [0.15, 0.2) is 23.1 Å². The highest BCUT2D eigenvalue weighted by molar-refractivity contribution is 9.10. The molecule has 2 aromatic heterocycles. The first-order valence-electron chi connectivity index (χ1n) is 4.02. The molecule has 0 aliphatic heterocycles. The van der Waals surface area contributed by atoms with Crippen LogP contribution in [0.4, 0.5) is 0 Å². The van der Waals surface area contributed by atoms with Gasteiger partial charge in [0.1, 0.15) is 0 Å². The quantitative estimate of drug-likeness (QED) is 0.935. The zero-order valence-electron chi connectivity index (χ0n) is 7.42. The van der Waals surface area contributed by atoms with E-state index in [1.54, 1.807) is 23.0 Å². The summed E-state index contributed by atoms with van der Waals surface area (Å²) in [6.45, 7) is 0.518. The van der Waals surface area contributed by atoms with Gasteiger partial charge in [-0.05, 0) is 22.0 Å². The molecule has 0 aliphatic carbocycles. The Morgan fingerprint density at radius 3 is 3.00 bits per heavy atom. The van der Waals surface area contributed by atoms with Gasteiger partial charge in [0.2, 0.25) is 0 Å². The van der Waals surface area contributed by atoms with Crippen LogP contribution in [0.25, 0.3) is 0 Å². The van der Waals surface area contributed by atoms with Crippen molar-refractivity contribution in [3.63, 3.8) is 0 Å². The van der Waals surface area contributed by atoms with Gasteiger partial charge < -0.3 is 9.67 Å². The third-order valence-electron chi connectivity index (χ3n) is 1.83. The average molecular weight is 288 g/mol. The van der Waals surface area contributed by atoms with Crippen LogP contribution in [0.5, 0.6) is 0 Å². The van der Waals surface area contributed by atoms with Crippen LogP contribution < -0.4 is 0 Å². The summed E-state index contributed by atoms with van der Waals surface area (Å²) in [5.74, 6) is -0.939. The van der Waals surface area contributed by atoms with E-state index >= 15 is 0 Å². The summed E-state index contributed by atoms with van der Waals surface area (Å²) in [5, 5.41) is 8.79. The van der Waals surface area contributed by atoms with E-state index in [0.717, 1.165) is 17.4 Å². The van der Waals surface area contributed by atoms with Gasteiger partial charge >= 0.3 is 5.97 Å². The van der Waals surface area contributed by atoms with E-state index in [4.69, 9.17) is 5.11 Å². The SMILES string of the molecule is O=C(O)c1cc(Br)n(Cc2cnsn2)c1. The molecule has 0 radical (unpaired) electrons. The molecule has 0 unspecified atom stereocenters. The molecule has 7 heteroatoms. The lowest BCUT2D eigenvalue weighted by atomic mass is 10.3. The molecule has 0 aliphatic rings. The number of carboxylic acid groups (broad SMARTS) is 1. The molecule has 0 atom stereocenters. The van der Waals surface area contributed by atoms with Gasteiger partial charge in [0.15, 0.2) is 0 Å². The first-order chi connectivity index (χ1) is 7.16. The molecule has 0 spiro atoms. The van der Waals surface area contributed by atoms with Crippen LogP contribution in [0.3, 0.4) is 0 Å². The second-order valence-corrected chi connectivity index (χ2v) is 4.25. The van der Waals surface area contributed by atoms with E-state index in [-0.39, 0.29) is 5.56 Å². The highest BCUT2D eigenvalue weighted by Crippen LogP contribution is 2.16. The van der Waals surface area contributed by atoms with E-state index < -0.39 is 5.97 Å². The summed E-state index contributed by atoms with van der Waals surface area (Å²) in [7, 11) is 0. The Bertz CT molecular complexity index is 480. The zero-order chi connectivity index (χ0) is 10.8. The monoisotopic (exact) mass is 287 g/mol. The molecule has 5 nitrogen and oxygen atoms in total. The number of carbonyl (C=O) groups is 1. The Hall–Kier alpha value is -1.21. The molecule has 0 aromatic carbocycles. The molecule has 2 aromatic rings. The second-order valence-electron chi connectivity index (χ2n) is 2.88. The van der Waals surface area contributed by atoms with Crippen molar-refractivity contribution >= 4 is 33.6 Å². The topological polar surface area (TPSA) is 68.0 Å². The molecule has 2 heterocycles. The van der Waals surface area contributed by atoms with Crippen molar-refractivity contribution in [1.29, 1.82) is 0 Å². The summed E-state index contributed by atoms with van der Waals surface area (Å²) in [5.41, 5.74) is 1.07. The minimum atomic E-state index is -0.939. The number of aromatic carboxylic acids is 1. The normalized spacial score (nSPS) is 10.5. The molecule has 15 heavy (non-hydrogen) atoms. The summed E-state index contributed by atoms with van der Waals surface area (Å²) in [4.78, 5) is 10.7. The number of rotatable bonds is 3. The standard InChI is InChI=1S/C8H6BrN3O2S/c9-7-1-5(8(13)14)3-12(7)4-6-2-10-15-11-6/h1-3H,4H2,(H,13,14). The van der Waals surface area contributed by atoms with Gasteiger partial charge in [-0.15, -0.1) is 0 Å². The lowest BCUT2D eigenvalue weighted by molar-refractivity contribution is 0.0697. The number of aromatic nitrogens is 3. The Labute approximate surface area is 97.8 Å². The summed E-state index contributed by atoms with van der Waals surface area (Å²) >= 11 is 4.42. The number of hydrogen-bond acceptors (Lipinski definition) is 4. The van der Waals surface area contributed by atoms with E-state index in [0.29, 0.717) is 11.1 Å². The van der Waals surface area contributed by atoms with Crippen molar-refractivity contribution in [2.24, 2.45) is 0 Å². The van der Waals surface area contributed by atoms with Gasteiger partial charge in [0, 0.05) is 6.20 Å². The summed E-state index contributed by atoms with van der Waals surface area (Å²) < 4.78 is 10.4. The van der Waals surface area contributed by atoms with E-state index in [1.807, 2.05) is 0 Å². The molecule has 0 amide bonds. The Morgan fingerprint density at radius 1 is 1.67 bits per heavy atom. The maximum atomic E-state index is 10.7. The van der Waals surface area contributed by atoms with Crippen molar-refractivity contribution in [2.75, 3.05) is 0 Å². The molecule has 1 N–H and O–H groups in total. The number of halogens is 1. The van der Waals surface area contributed by atoms with Crippen molar-refractivity contribution in [1.82, 2.24) is 13.3 Å². The lowest BCUT2D eigenvalue weighted by Crippen LogP contribution is -1.99. The fourth-order valence-electron chi connectivity index (χ4n) is 1.14. The van der Waals surface area contributed by atoms with Gasteiger partial charge in [0.25, 0.3) is 0 Å². The number of hydrogen-bond donors (Lipinski definition) is 1. The van der Waals surface area contributed by atoms with Crippen molar-refractivity contribution in [3.8, 4) is 0 Å².